The lowest BCUT2D eigenvalue weighted by Gasteiger charge is -2.15. The SMILES string of the molecule is CC(C)C1=Cc2ccccc2SN=C1C(C)C. The number of fused-ring (bicyclic) bond motifs is 1. The van der Waals surface area contributed by atoms with E-state index in [2.05, 4.69) is 58.0 Å². The molecule has 1 aliphatic rings. The van der Waals surface area contributed by atoms with Crippen molar-refractivity contribution in [1.29, 1.82) is 0 Å². The van der Waals surface area contributed by atoms with Crippen molar-refractivity contribution in [3.63, 3.8) is 0 Å². The Morgan fingerprint density at radius 2 is 1.71 bits per heavy atom. The van der Waals surface area contributed by atoms with Crippen LogP contribution in [0.4, 0.5) is 0 Å². The summed E-state index contributed by atoms with van der Waals surface area (Å²) in [5.41, 5.74) is 3.90. The first-order valence-corrected chi connectivity index (χ1v) is 6.93. The Bertz CT molecular complexity index is 470. The first kappa shape index (κ1) is 12.4. The lowest BCUT2D eigenvalue weighted by atomic mass is 9.90. The summed E-state index contributed by atoms with van der Waals surface area (Å²) >= 11 is 1.60. The second kappa shape index (κ2) is 5.09. The Labute approximate surface area is 108 Å². The van der Waals surface area contributed by atoms with Gasteiger partial charge >= 0.3 is 0 Å². The second-order valence-corrected chi connectivity index (χ2v) is 5.82. The van der Waals surface area contributed by atoms with Crippen molar-refractivity contribution in [3.05, 3.63) is 35.4 Å². The maximum absolute atomic E-state index is 4.73. The van der Waals surface area contributed by atoms with Crippen molar-refractivity contribution < 1.29 is 0 Å². The number of allylic oxidation sites excluding steroid dienone is 1. The van der Waals surface area contributed by atoms with Gasteiger partial charge in [-0.1, -0.05) is 45.9 Å². The molecular weight excluding hydrogens is 226 g/mol. The predicted molar refractivity (Wildman–Crippen MR) is 77.4 cm³/mol. The van der Waals surface area contributed by atoms with Crippen LogP contribution in [0.2, 0.25) is 0 Å². The summed E-state index contributed by atoms with van der Waals surface area (Å²) < 4.78 is 4.73. The number of hydrogen-bond acceptors (Lipinski definition) is 2. The molecule has 1 aromatic rings. The van der Waals surface area contributed by atoms with Gasteiger partial charge in [0.25, 0.3) is 0 Å². The molecule has 0 radical (unpaired) electrons. The van der Waals surface area contributed by atoms with Crippen LogP contribution in [0.25, 0.3) is 6.08 Å². The average Bonchev–Trinajstić information content (AvgIpc) is 2.47. The quantitative estimate of drug-likeness (QED) is 0.679. The van der Waals surface area contributed by atoms with Crippen LogP contribution in [-0.2, 0) is 0 Å². The Morgan fingerprint density at radius 1 is 1.00 bits per heavy atom. The number of rotatable bonds is 2. The van der Waals surface area contributed by atoms with E-state index in [9.17, 15) is 0 Å². The highest BCUT2D eigenvalue weighted by Crippen LogP contribution is 2.33. The molecule has 2 rings (SSSR count). The predicted octanol–water partition coefficient (Wildman–Crippen LogP) is 4.84. The van der Waals surface area contributed by atoms with Gasteiger partial charge in [0, 0.05) is 16.8 Å². The molecule has 1 nitrogen and oxygen atoms in total. The summed E-state index contributed by atoms with van der Waals surface area (Å²) in [6.07, 6.45) is 2.30. The summed E-state index contributed by atoms with van der Waals surface area (Å²) in [5, 5.41) is 0. The smallest absolute Gasteiger partial charge is 0.0551 e. The first-order chi connectivity index (χ1) is 8.09. The molecule has 0 unspecified atom stereocenters. The van der Waals surface area contributed by atoms with Gasteiger partial charge in [0.2, 0.25) is 0 Å². The van der Waals surface area contributed by atoms with Crippen molar-refractivity contribution in [2.45, 2.75) is 32.6 Å². The van der Waals surface area contributed by atoms with E-state index in [-0.39, 0.29) is 0 Å². The van der Waals surface area contributed by atoms with Gasteiger partial charge in [-0.2, -0.15) is 0 Å². The largest absolute Gasteiger partial charge is 0.215 e. The van der Waals surface area contributed by atoms with Gasteiger partial charge in [-0.3, -0.25) is 0 Å². The zero-order chi connectivity index (χ0) is 12.4. The van der Waals surface area contributed by atoms with Crippen molar-refractivity contribution in [3.8, 4) is 0 Å². The Kier molecular flexibility index (Phi) is 3.72. The van der Waals surface area contributed by atoms with Crippen LogP contribution in [0.15, 0.2) is 39.1 Å². The van der Waals surface area contributed by atoms with E-state index < -0.39 is 0 Å². The molecule has 0 bridgehead atoms. The van der Waals surface area contributed by atoms with Crippen molar-refractivity contribution in [2.24, 2.45) is 16.2 Å². The third-order valence-corrected chi connectivity index (χ3v) is 3.79. The Hall–Kier alpha value is -1.02. The highest BCUT2D eigenvalue weighted by molar-refractivity contribution is 7.98. The molecule has 0 N–H and O–H groups in total. The third-order valence-electron chi connectivity index (χ3n) is 2.94. The van der Waals surface area contributed by atoms with Crippen LogP contribution < -0.4 is 0 Å². The van der Waals surface area contributed by atoms with Crippen LogP contribution in [0.1, 0.15) is 33.3 Å². The topological polar surface area (TPSA) is 12.4 Å². The second-order valence-electron chi connectivity index (χ2n) is 5.01. The molecule has 2 heteroatoms. The van der Waals surface area contributed by atoms with Crippen LogP contribution in [-0.4, -0.2) is 5.71 Å². The third kappa shape index (κ3) is 2.63. The number of nitrogens with zero attached hydrogens (tertiary/aromatic N) is 1. The molecular formula is C15H19NS. The standard InChI is InChI=1S/C15H19NS/c1-10(2)13-9-12-7-5-6-8-14(12)17-16-15(13)11(3)4/h5-11H,1-4H3. The number of hydrogen-bond donors (Lipinski definition) is 0. The summed E-state index contributed by atoms with van der Waals surface area (Å²) in [6.45, 7) is 8.90. The van der Waals surface area contributed by atoms with E-state index in [0.717, 1.165) is 0 Å². The zero-order valence-corrected chi connectivity index (χ0v) is 11.7. The van der Waals surface area contributed by atoms with Crippen LogP contribution >= 0.6 is 11.9 Å². The first-order valence-electron chi connectivity index (χ1n) is 6.15. The van der Waals surface area contributed by atoms with E-state index in [1.165, 1.54) is 21.7 Å². The molecule has 17 heavy (non-hydrogen) atoms. The fourth-order valence-corrected chi connectivity index (χ4v) is 2.86. The minimum Gasteiger partial charge on any atom is -0.215 e. The fourth-order valence-electron chi connectivity index (χ4n) is 1.98. The maximum atomic E-state index is 4.73. The van der Waals surface area contributed by atoms with Gasteiger partial charge in [-0.05, 0) is 35.1 Å². The van der Waals surface area contributed by atoms with Gasteiger partial charge in [-0.15, -0.1) is 0 Å². The van der Waals surface area contributed by atoms with Gasteiger partial charge in [-0.25, -0.2) is 4.40 Å². The molecule has 0 spiro atoms. The van der Waals surface area contributed by atoms with Gasteiger partial charge in [0.1, 0.15) is 0 Å². The number of benzene rings is 1. The van der Waals surface area contributed by atoms with E-state index in [1.54, 1.807) is 11.9 Å². The molecule has 90 valence electrons. The van der Waals surface area contributed by atoms with Gasteiger partial charge in [0.05, 0.1) is 5.71 Å². The van der Waals surface area contributed by atoms with Crippen molar-refractivity contribution in [1.82, 2.24) is 0 Å². The van der Waals surface area contributed by atoms with Crippen LogP contribution in [0.5, 0.6) is 0 Å². The minimum atomic E-state index is 0.477. The van der Waals surface area contributed by atoms with E-state index in [1.807, 2.05) is 0 Å². The summed E-state index contributed by atoms with van der Waals surface area (Å²) in [5.74, 6) is 0.994. The fraction of sp³-hybridized carbons (Fsp3) is 0.400. The van der Waals surface area contributed by atoms with E-state index in [4.69, 9.17) is 4.40 Å². The summed E-state index contributed by atoms with van der Waals surface area (Å²) in [7, 11) is 0. The minimum absolute atomic E-state index is 0.477. The zero-order valence-electron chi connectivity index (χ0n) is 10.9. The van der Waals surface area contributed by atoms with E-state index in [0.29, 0.717) is 11.8 Å². The van der Waals surface area contributed by atoms with Crippen LogP contribution in [0, 0.1) is 11.8 Å². The van der Waals surface area contributed by atoms with Gasteiger partial charge in [0.15, 0.2) is 0 Å². The monoisotopic (exact) mass is 245 g/mol. The molecule has 0 aliphatic carbocycles. The molecule has 0 aromatic heterocycles. The molecule has 0 saturated carbocycles. The molecule has 1 heterocycles. The molecule has 1 aliphatic heterocycles. The summed E-state index contributed by atoms with van der Waals surface area (Å²) in [6, 6.07) is 8.48. The molecule has 0 saturated heterocycles. The lowest BCUT2D eigenvalue weighted by molar-refractivity contribution is 0.781. The molecule has 0 fully saturated rings. The Morgan fingerprint density at radius 3 is 2.35 bits per heavy atom. The Balaban J connectivity index is 2.52. The summed E-state index contributed by atoms with van der Waals surface area (Å²) in [4.78, 5) is 1.25. The van der Waals surface area contributed by atoms with Crippen LogP contribution in [0.3, 0.4) is 0 Å². The normalized spacial score (nSPS) is 15.4. The highest BCUT2D eigenvalue weighted by atomic mass is 32.2. The molecule has 0 amide bonds. The average molecular weight is 245 g/mol. The molecule has 0 atom stereocenters. The maximum Gasteiger partial charge on any atom is 0.0551 e. The van der Waals surface area contributed by atoms with Crippen molar-refractivity contribution >= 4 is 23.7 Å². The lowest BCUT2D eigenvalue weighted by Crippen LogP contribution is -2.14. The molecule has 1 aromatic carbocycles. The van der Waals surface area contributed by atoms with Gasteiger partial charge < -0.3 is 0 Å². The van der Waals surface area contributed by atoms with E-state index >= 15 is 0 Å². The highest BCUT2D eigenvalue weighted by Gasteiger charge is 2.18. The van der Waals surface area contributed by atoms with Crippen molar-refractivity contribution in [2.75, 3.05) is 0 Å².